The third kappa shape index (κ3) is 4.73. The summed E-state index contributed by atoms with van der Waals surface area (Å²) in [6.07, 6.45) is 0. The molecule has 0 aliphatic heterocycles. The monoisotopic (exact) mass is 387 g/mol. The Balaban J connectivity index is 2.31. The van der Waals surface area contributed by atoms with Crippen LogP contribution in [0.2, 0.25) is 0 Å². The van der Waals surface area contributed by atoms with Crippen LogP contribution in [-0.4, -0.2) is 37.3 Å². The van der Waals surface area contributed by atoms with Gasteiger partial charge in [-0.1, -0.05) is 0 Å². The zero-order chi connectivity index (χ0) is 20.8. The predicted octanol–water partition coefficient (Wildman–Crippen LogP) is 3.73. The Morgan fingerprint density at radius 2 is 1.71 bits per heavy atom. The van der Waals surface area contributed by atoms with Crippen molar-refractivity contribution in [3.8, 4) is 17.2 Å². The molecule has 0 aliphatic rings. The molecule has 0 saturated carbocycles. The number of methoxy groups -OCH3 is 1. The molecule has 0 aliphatic carbocycles. The summed E-state index contributed by atoms with van der Waals surface area (Å²) in [5.41, 5.74) is 3.87. The second-order valence-electron chi connectivity index (χ2n) is 6.25. The highest BCUT2D eigenvalue weighted by atomic mass is 16.5. The van der Waals surface area contributed by atoms with Gasteiger partial charge >= 0.3 is 5.97 Å². The molecule has 7 heteroatoms. The molecular formula is C21H25NO6. The van der Waals surface area contributed by atoms with E-state index in [4.69, 9.17) is 19.3 Å². The van der Waals surface area contributed by atoms with Gasteiger partial charge in [0, 0.05) is 11.3 Å². The minimum Gasteiger partial charge on any atom is -0.496 e. The molecule has 0 atom stereocenters. The normalized spacial score (nSPS) is 10.3. The molecule has 0 bridgehead atoms. The zero-order valence-electron chi connectivity index (χ0n) is 16.7. The van der Waals surface area contributed by atoms with Crippen LogP contribution >= 0.6 is 0 Å². The third-order valence-electron chi connectivity index (χ3n) is 4.36. The molecule has 7 nitrogen and oxygen atoms in total. The molecule has 2 N–H and O–H groups in total. The first-order valence-corrected chi connectivity index (χ1v) is 8.86. The number of aliphatic carboxylic acids is 1. The quantitative estimate of drug-likeness (QED) is 0.717. The summed E-state index contributed by atoms with van der Waals surface area (Å²) < 4.78 is 16.1. The smallest absolute Gasteiger partial charge is 0.341 e. The van der Waals surface area contributed by atoms with Gasteiger partial charge in [0.15, 0.2) is 18.1 Å². The van der Waals surface area contributed by atoms with E-state index in [9.17, 15) is 9.59 Å². The molecular weight excluding hydrogens is 362 g/mol. The number of amides is 1. The maximum absolute atomic E-state index is 12.8. The van der Waals surface area contributed by atoms with Crippen LogP contribution < -0.4 is 19.5 Å². The number of hydrogen-bond donors (Lipinski definition) is 2. The molecule has 0 fully saturated rings. The molecule has 0 unspecified atom stereocenters. The van der Waals surface area contributed by atoms with E-state index < -0.39 is 12.6 Å². The van der Waals surface area contributed by atoms with Crippen molar-refractivity contribution < 1.29 is 28.9 Å². The lowest BCUT2D eigenvalue weighted by molar-refractivity contribution is -0.139. The van der Waals surface area contributed by atoms with Gasteiger partial charge in [0.1, 0.15) is 5.75 Å². The first-order valence-electron chi connectivity index (χ1n) is 8.86. The molecule has 0 radical (unpaired) electrons. The lowest BCUT2D eigenvalue weighted by Crippen LogP contribution is -2.15. The minimum absolute atomic E-state index is 0.272. The van der Waals surface area contributed by atoms with Crippen molar-refractivity contribution in [2.24, 2.45) is 0 Å². The molecule has 0 heterocycles. The Morgan fingerprint density at radius 3 is 2.32 bits per heavy atom. The van der Waals surface area contributed by atoms with Gasteiger partial charge in [-0.2, -0.15) is 0 Å². The highest BCUT2D eigenvalue weighted by molar-refractivity contribution is 6.05. The highest BCUT2D eigenvalue weighted by Crippen LogP contribution is 2.32. The summed E-state index contributed by atoms with van der Waals surface area (Å²) in [4.78, 5) is 23.5. The number of rotatable bonds is 8. The fourth-order valence-corrected chi connectivity index (χ4v) is 2.81. The van der Waals surface area contributed by atoms with Crippen molar-refractivity contribution in [3.63, 3.8) is 0 Å². The molecule has 2 aromatic rings. The molecule has 2 aromatic carbocycles. The number of hydrogen-bond acceptors (Lipinski definition) is 5. The number of nitrogens with one attached hydrogen (secondary N) is 1. The van der Waals surface area contributed by atoms with E-state index in [1.807, 2.05) is 26.8 Å². The molecule has 0 aromatic heterocycles. The number of carbonyl (C=O) groups is 2. The molecule has 150 valence electrons. The second-order valence-corrected chi connectivity index (χ2v) is 6.25. The fourth-order valence-electron chi connectivity index (χ4n) is 2.81. The number of carbonyl (C=O) groups excluding carboxylic acids is 1. The number of benzene rings is 2. The van der Waals surface area contributed by atoms with Crippen LogP contribution in [-0.2, 0) is 4.79 Å². The first-order chi connectivity index (χ1) is 13.3. The Morgan fingerprint density at radius 1 is 1.00 bits per heavy atom. The van der Waals surface area contributed by atoms with Crippen LogP contribution in [0.3, 0.4) is 0 Å². The van der Waals surface area contributed by atoms with Crippen molar-refractivity contribution in [2.45, 2.75) is 27.7 Å². The zero-order valence-corrected chi connectivity index (χ0v) is 16.7. The van der Waals surface area contributed by atoms with Crippen LogP contribution in [0.5, 0.6) is 17.2 Å². The van der Waals surface area contributed by atoms with Crippen LogP contribution in [0.15, 0.2) is 24.3 Å². The van der Waals surface area contributed by atoms with Crippen molar-refractivity contribution in [2.75, 3.05) is 25.6 Å². The first kappa shape index (κ1) is 21.1. The molecule has 0 saturated heterocycles. The molecule has 28 heavy (non-hydrogen) atoms. The van der Waals surface area contributed by atoms with Crippen molar-refractivity contribution in [1.82, 2.24) is 0 Å². The largest absolute Gasteiger partial charge is 0.496 e. The highest BCUT2D eigenvalue weighted by Gasteiger charge is 2.16. The van der Waals surface area contributed by atoms with E-state index in [2.05, 4.69) is 5.32 Å². The van der Waals surface area contributed by atoms with Gasteiger partial charge in [0.2, 0.25) is 0 Å². The SMILES string of the molecule is CCOc1cc(C(=O)Nc2c(C)cc(OC)c(C)c2C)ccc1OCC(=O)O. The summed E-state index contributed by atoms with van der Waals surface area (Å²) >= 11 is 0. The Hall–Kier alpha value is -3.22. The summed E-state index contributed by atoms with van der Waals surface area (Å²) in [7, 11) is 1.61. The van der Waals surface area contributed by atoms with E-state index in [0.717, 1.165) is 28.1 Å². The van der Waals surface area contributed by atoms with E-state index >= 15 is 0 Å². The van der Waals surface area contributed by atoms with Gasteiger partial charge in [0.25, 0.3) is 5.91 Å². The minimum atomic E-state index is -1.09. The lowest BCUT2D eigenvalue weighted by atomic mass is 10.0. The van der Waals surface area contributed by atoms with Crippen LogP contribution in [0, 0.1) is 20.8 Å². The summed E-state index contributed by atoms with van der Waals surface area (Å²) in [5.74, 6) is -0.0395. The lowest BCUT2D eigenvalue weighted by Gasteiger charge is -2.17. The number of aryl methyl sites for hydroxylation is 1. The number of carboxylic acids is 1. The average molecular weight is 387 g/mol. The Labute approximate surface area is 164 Å². The summed E-state index contributed by atoms with van der Waals surface area (Å²) in [6, 6.07) is 6.52. The third-order valence-corrected chi connectivity index (χ3v) is 4.36. The maximum atomic E-state index is 12.8. The number of carboxylic acid groups (broad SMARTS) is 1. The van der Waals surface area contributed by atoms with Crippen LogP contribution in [0.25, 0.3) is 0 Å². The Kier molecular flexibility index (Phi) is 6.87. The standard InChI is InChI=1S/C21H25NO6/c1-6-27-18-10-15(7-8-16(18)28-11-19(23)24)21(25)22-20-12(2)9-17(26-5)13(3)14(20)4/h7-10H,6,11H2,1-5H3,(H,22,25)(H,23,24). The van der Waals surface area contributed by atoms with E-state index in [1.54, 1.807) is 20.1 Å². The van der Waals surface area contributed by atoms with Gasteiger partial charge in [-0.15, -0.1) is 0 Å². The topological polar surface area (TPSA) is 94.1 Å². The van der Waals surface area contributed by atoms with Gasteiger partial charge in [-0.25, -0.2) is 4.79 Å². The van der Waals surface area contributed by atoms with Crippen molar-refractivity contribution in [1.29, 1.82) is 0 Å². The van der Waals surface area contributed by atoms with E-state index in [0.29, 0.717) is 17.9 Å². The molecule has 0 spiro atoms. The maximum Gasteiger partial charge on any atom is 0.341 e. The number of anilines is 1. The van der Waals surface area contributed by atoms with E-state index in [1.165, 1.54) is 12.1 Å². The van der Waals surface area contributed by atoms with E-state index in [-0.39, 0.29) is 11.7 Å². The molecule has 2 rings (SSSR count). The van der Waals surface area contributed by atoms with Crippen molar-refractivity contribution in [3.05, 3.63) is 46.5 Å². The summed E-state index contributed by atoms with van der Waals surface area (Å²) in [6.45, 7) is 7.42. The van der Waals surface area contributed by atoms with Gasteiger partial charge in [-0.05, 0) is 68.7 Å². The summed E-state index contributed by atoms with van der Waals surface area (Å²) in [5, 5.41) is 11.7. The molecule has 1 amide bonds. The van der Waals surface area contributed by atoms with Gasteiger partial charge < -0.3 is 24.6 Å². The van der Waals surface area contributed by atoms with Gasteiger partial charge in [-0.3, -0.25) is 4.79 Å². The number of ether oxygens (including phenoxy) is 3. The average Bonchev–Trinajstić information content (AvgIpc) is 2.66. The fraction of sp³-hybridized carbons (Fsp3) is 0.333. The Bertz CT molecular complexity index is 891. The van der Waals surface area contributed by atoms with Crippen LogP contribution in [0.4, 0.5) is 5.69 Å². The van der Waals surface area contributed by atoms with Crippen LogP contribution in [0.1, 0.15) is 34.0 Å². The second kappa shape index (κ2) is 9.12. The van der Waals surface area contributed by atoms with Crippen molar-refractivity contribution >= 4 is 17.6 Å². The van der Waals surface area contributed by atoms with Gasteiger partial charge in [0.05, 0.1) is 13.7 Å². The predicted molar refractivity (Wildman–Crippen MR) is 106 cm³/mol.